The van der Waals surface area contributed by atoms with Crippen LogP contribution in [-0.4, -0.2) is 44.5 Å². The molecule has 0 spiro atoms. The lowest BCUT2D eigenvalue weighted by Crippen LogP contribution is -2.47. The lowest BCUT2D eigenvalue weighted by molar-refractivity contribution is -1.30. The highest BCUT2D eigenvalue weighted by Crippen LogP contribution is 2.04. The van der Waals surface area contributed by atoms with Gasteiger partial charge in [0.25, 0.3) is 0 Å². The Bertz CT molecular complexity index is 124. The number of quaternary nitrogens is 2. The lowest BCUT2D eigenvalue weighted by atomic mass is 10.8. The van der Waals surface area contributed by atoms with E-state index in [9.17, 15) is 0 Å². The molecule has 0 aliphatic rings. The van der Waals surface area contributed by atoms with E-state index in [1.165, 1.54) is 0 Å². The standard InChI is InChI=1S/C7H18N2O/c1-7-9(5,6)10-8(2,3)4/h7H,1H2,2-6H3/q+2. The molecule has 0 aliphatic carbocycles. The van der Waals surface area contributed by atoms with Crippen LogP contribution in [-0.2, 0) is 4.94 Å². The highest BCUT2D eigenvalue weighted by Gasteiger charge is 2.23. The first-order valence-corrected chi connectivity index (χ1v) is 3.27. The van der Waals surface area contributed by atoms with Crippen LogP contribution in [0.2, 0.25) is 0 Å². The molecule has 0 N–H and O–H groups in total. The van der Waals surface area contributed by atoms with E-state index in [1.54, 1.807) is 6.20 Å². The van der Waals surface area contributed by atoms with Crippen molar-refractivity contribution in [3.63, 3.8) is 0 Å². The van der Waals surface area contributed by atoms with E-state index in [0.29, 0.717) is 9.29 Å². The predicted molar refractivity (Wildman–Crippen MR) is 41.4 cm³/mol. The SMILES string of the molecule is C=C[N+](C)(C)O[N+](C)(C)C. The largest absolute Gasteiger partial charge is 0.134 e. The smallest absolute Gasteiger partial charge is 0.126 e. The van der Waals surface area contributed by atoms with Gasteiger partial charge in [0.05, 0.1) is 0 Å². The van der Waals surface area contributed by atoms with Crippen molar-refractivity contribution in [3.8, 4) is 0 Å². The van der Waals surface area contributed by atoms with Crippen LogP contribution in [0.25, 0.3) is 0 Å². The Morgan fingerprint density at radius 1 is 1.10 bits per heavy atom. The molecule has 0 saturated carbocycles. The average Bonchev–Trinajstić information content (AvgIpc) is 1.60. The molecular formula is C7H18N2O+2. The number of hydrogen-bond donors (Lipinski definition) is 0. The second kappa shape index (κ2) is 2.70. The summed E-state index contributed by atoms with van der Waals surface area (Å²) in [5, 5.41) is 0. The molecule has 0 aromatic heterocycles. The summed E-state index contributed by atoms with van der Waals surface area (Å²) in [6, 6.07) is 0. The summed E-state index contributed by atoms with van der Waals surface area (Å²) in [7, 11) is 9.74. The van der Waals surface area contributed by atoms with E-state index in [-0.39, 0.29) is 0 Å². The zero-order chi connectivity index (χ0) is 8.41. The summed E-state index contributed by atoms with van der Waals surface area (Å²) in [6.07, 6.45) is 1.74. The van der Waals surface area contributed by atoms with Gasteiger partial charge >= 0.3 is 0 Å². The molecule has 0 amide bonds. The van der Waals surface area contributed by atoms with Gasteiger partial charge in [-0.25, -0.2) is 0 Å². The highest BCUT2D eigenvalue weighted by molar-refractivity contribution is 4.44. The number of nitrogens with zero attached hydrogens (tertiary/aromatic N) is 2. The molecule has 0 aliphatic heterocycles. The summed E-state index contributed by atoms with van der Waals surface area (Å²) >= 11 is 0. The normalized spacial score (nSPS) is 13.3. The van der Waals surface area contributed by atoms with Crippen molar-refractivity contribution in [1.82, 2.24) is 0 Å². The molecular weight excluding hydrogens is 128 g/mol. The molecule has 3 nitrogen and oxygen atoms in total. The zero-order valence-electron chi connectivity index (χ0n) is 7.59. The molecule has 0 aromatic carbocycles. The van der Waals surface area contributed by atoms with E-state index in [2.05, 4.69) is 6.58 Å². The number of hydroxylamine groups is 6. The Morgan fingerprint density at radius 3 is 1.60 bits per heavy atom. The summed E-state index contributed by atoms with van der Waals surface area (Å²) in [5.74, 6) is 0. The second-order valence-corrected chi connectivity index (χ2v) is 3.59. The fourth-order valence-corrected chi connectivity index (χ4v) is 0.665. The Hall–Kier alpha value is -0.380. The van der Waals surface area contributed by atoms with Crippen LogP contribution >= 0.6 is 0 Å². The first kappa shape index (κ1) is 9.62. The highest BCUT2D eigenvalue weighted by atomic mass is 16.9. The molecule has 0 radical (unpaired) electrons. The maximum absolute atomic E-state index is 5.53. The topological polar surface area (TPSA) is 9.23 Å². The Balaban J connectivity index is 4.01. The van der Waals surface area contributed by atoms with Crippen LogP contribution in [0.15, 0.2) is 12.8 Å². The van der Waals surface area contributed by atoms with E-state index in [4.69, 9.17) is 4.94 Å². The Kier molecular flexibility index (Phi) is 2.60. The third kappa shape index (κ3) is 4.49. The molecule has 0 saturated heterocycles. The number of rotatable bonds is 3. The van der Waals surface area contributed by atoms with Crippen molar-refractivity contribution in [2.24, 2.45) is 0 Å². The molecule has 0 rings (SSSR count). The maximum atomic E-state index is 5.53. The summed E-state index contributed by atoms with van der Waals surface area (Å²) in [5.41, 5.74) is 0. The van der Waals surface area contributed by atoms with Gasteiger partial charge in [-0.2, -0.15) is 0 Å². The lowest BCUT2D eigenvalue weighted by Gasteiger charge is -2.28. The molecule has 3 heteroatoms. The van der Waals surface area contributed by atoms with Gasteiger partial charge in [0, 0.05) is 0 Å². The maximum Gasteiger partial charge on any atom is 0.126 e. The van der Waals surface area contributed by atoms with Crippen LogP contribution in [0, 0.1) is 0 Å². The van der Waals surface area contributed by atoms with E-state index >= 15 is 0 Å². The van der Waals surface area contributed by atoms with Gasteiger partial charge < -0.3 is 0 Å². The summed E-state index contributed by atoms with van der Waals surface area (Å²) in [4.78, 5) is 5.53. The fourth-order valence-electron chi connectivity index (χ4n) is 0.665. The van der Waals surface area contributed by atoms with Crippen LogP contribution in [0.4, 0.5) is 0 Å². The molecule has 0 aromatic rings. The van der Waals surface area contributed by atoms with E-state index < -0.39 is 0 Å². The third-order valence-corrected chi connectivity index (χ3v) is 0.895. The van der Waals surface area contributed by atoms with Crippen molar-refractivity contribution < 1.29 is 14.2 Å². The van der Waals surface area contributed by atoms with Crippen LogP contribution in [0.1, 0.15) is 0 Å². The molecule has 10 heavy (non-hydrogen) atoms. The van der Waals surface area contributed by atoms with Crippen molar-refractivity contribution in [3.05, 3.63) is 12.8 Å². The Morgan fingerprint density at radius 2 is 1.50 bits per heavy atom. The quantitative estimate of drug-likeness (QED) is 0.422. The van der Waals surface area contributed by atoms with Gasteiger partial charge in [-0.1, -0.05) is 0 Å². The monoisotopic (exact) mass is 146 g/mol. The third-order valence-electron chi connectivity index (χ3n) is 0.895. The van der Waals surface area contributed by atoms with E-state index in [1.807, 2.05) is 35.2 Å². The van der Waals surface area contributed by atoms with Gasteiger partial charge in [-0.05, 0) is 11.5 Å². The van der Waals surface area contributed by atoms with Crippen molar-refractivity contribution in [2.75, 3.05) is 35.2 Å². The summed E-state index contributed by atoms with van der Waals surface area (Å²) in [6.45, 7) is 3.65. The van der Waals surface area contributed by atoms with Crippen molar-refractivity contribution >= 4 is 0 Å². The van der Waals surface area contributed by atoms with Crippen LogP contribution in [0.5, 0.6) is 0 Å². The van der Waals surface area contributed by atoms with E-state index in [0.717, 1.165) is 0 Å². The Labute approximate surface area is 63.2 Å². The minimum absolute atomic E-state index is 0.365. The molecule has 0 fully saturated rings. The van der Waals surface area contributed by atoms with Crippen molar-refractivity contribution in [2.45, 2.75) is 0 Å². The van der Waals surface area contributed by atoms with Gasteiger partial charge in [-0.15, -0.1) is 9.29 Å². The predicted octanol–water partition coefficient (Wildman–Crippen LogP) is 0.759. The minimum atomic E-state index is 0.365. The molecule has 0 unspecified atom stereocenters. The number of hydrogen-bond acceptors (Lipinski definition) is 1. The van der Waals surface area contributed by atoms with Gasteiger partial charge in [0.2, 0.25) is 0 Å². The second-order valence-electron chi connectivity index (χ2n) is 3.59. The van der Waals surface area contributed by atoms with Gasteiger partial charge in [-0.3, -0.25) is 0 Å². The van der Waals surface area contributed by atoms with Gasteiger partial charge in [0.1, 0.15) is 41.4 Å². The summed E-state index contributed by atoms with van der Waals surface area (Å²) < 4.78 is 0.836. The van der Waals surface area contributed by atoms with Crippen molar-refractivity contribution in [1.29, 1.82) is 0 Å². The fraction of sp³-hybridized carbons (Fsp3) is 0.714. The molecule has 0 heterocycles. The van der Waals surface area contributed by atoms with Gasteiger partial charge in [0.15, 0.2) is 0 Å². The molecule has 0 atom stereocenters. The van der Waals surface area contributed by atoms with Crippen LogP contribution < -0.4 is 0 Å². The first-order chi connectivity index (χ1) is 4.27. The molecule has 60 valence electrons. The molecule has 0 bridgehead atoms. The van der Waals surface area contributed by atoms with Crippen LogP contribution in [0.3, 0.4) is 0 Å². The first-order valence-electron chi connectivity index (χ1n) is 3.27. The average molecular weight is 146 g/mol. The zero-order valence-corrected chi connectivity index (χ0v) is 7.59. The minimum Gasteiger partial charge on any atom is -0.134 e.